The molecule has 5 heteroatoms. The smallest absolute Gasteiger partial charge is 0.253 e. The normalized spacial score (nSPS) is 15.0. The van der Waals surface area contributed by atoms with E-state index in [-0.39, 0.29) is 11.8 Å². The molecule has 0 radical (unpaired) electrons. The molecule has 0 saturated carbocycles. The Morgan fingerprint density at radius 1 is 1.12 bits per heavy atom. The molecule has 2 amide bonds. The third kappa shape index (κ3) is 5.85. The minimum Gasteiger partial charge on any atom is -0.345 e. The summed E-state index contributed by atoms with van der Waals surface area (Å²) >= 11 is 0. The molecule has 1 fully saturated rings. The second-order valence-electron chi connectivity index (χ2n) is 7.04. The van der Waals surface area contributed by atoms with Crippen LogP contribution in [0.1, 0.15) is 48.5 Å². The van der Waals surface area contributed by atoms with Crippen LogP contribution in [0, 0.1) is 5.92 Å². The van der Waals surface area contributed by atoms with Crippen molar-refractivity contribution in [3.05, 3.63) is 35.4 Å². The number of rotatable bonds is 7. The van der Waals surface area contributed by atoms with Crippen molar-refractivity contribution in [2.24, 2.45) is 5.92 Å². The molecule has 1 aliphatic rings. The molecule has 0 spiro atoms. The summed E-state index contributed by atoms with van der Waals surface area (Å²) in [5, 5.41) is 3.37. The molecule has 0 atom stereocenters. The summed E-state index contributed by atoms with van der Waals surface area (Å²) in [5.74, 6) is 0.909. The fraction of sp³-hybridized carbons (Fsp3) is 0.600. The van der Waals surface area contributed by atoms with Crippen LogP contribution in [0.4, 0.5) is 0 Å². The Hall–Kier alpha value is -1.88. The summed E-state index contributed by atoms with van der Waals surface area (Å²) in [6, 6.07) is 7.56. The van der Waals surface area contributed by atoms with Gasteiger partial charge in [-0.2, -0.15) is 0 Å². The van der Waals surface area contributed by atoms with Crippen molar-refractivity contribution in [1.82, 2.24) is 15.1 Å². The molecule has 1 aromatic rings. The lowest BCUT2D eigenvalue weighted by Crippen LogP contribution is -2.32. The number of piperidine rings is 1. The lowest BCUT2D eigenvalue weighted by molar-refractivity contribution is -0.132. The number of nitrogens with zero attached hydrogens (tertiary/aromatic N) is 2. The molecule has 1 saturated heterocycles. The van der Waals surface area contributed by atoms with E-state index < -0.39 is 0 Å². The van der Waals surface area contributed by atoms with E-state index in [1.54, 1.807) is 19.0 Å². The Bertz CT molecular complexity index is 563. The summed E-state index contributed by atoms with van der Waals surface area (Å²) in [6.07, 6.45) is 3.99. The fourth-order valence-electron chi connectivity index (χ4n) is 3.26. The lowest BCUT2D eigenvalue weighted by Gasteiger charge is -2.25. The molecule has 1 N–H and O–H groups in total. The average Bonchev–Trinajstić information content (AvgIpc) is 2.64. The highest BCUT2D eigenvalue weighted by atomic mass is 16.2. The molecule has 0 aliphatic carbocycles. The second-order valence-corrected chi connectivity index (χ2v) is 7.04. The van der Waals surface area contributed by atoms with Gasteiger partial charge in [0, 0.05) is 39.2 Å². The van der Waals surface area contributed by atoms with Crippen molar-refractivity contribution in [1.29, 1.82) is 0 Å². The first-order valence-electron chi connectivity index (χ1n) is 9.30. The van der Waals surface area contributed by atoms with Gasteiger partial charge in [-0.05, 0) is 62.9 Å². The fourth-order valence-corrected chi connectivity index (χ4v) is 3.26. The summed E-state index contributed by atoms with van der Waals surface area (Å²) in [4.78, 5) is 27.9. The maximum Gasteiger partial charge on any atom is 0.253 e. The molecule has 0 bridgehead atoms. The maximum atomic E-state index is 12.5. The predicted molar refractivity (Wildman–Crippen MR) is 100 cm³/mol. The van der Waals surface area contributed by atoms with Crippen LogP contribution in [0.25, 0.3) is 0 Å². The highest BCUT2D eigenvalue weighted by molar-refractivity contribution is 5.93. The topological polar surface area (TPSA) is 52.7 Å². The van der Waals surface area contributed by atoms with Crippen LogP contribution >= 0.6 is 0 Å². The molecule has 25 heavy (non-hydrogen) atoms. The Morgan fingerprint density at radius 3 is 2.32 bits per heavy atom. The number of benzene rings is 1. The van der Waals surface area contributed by atoms with Crippen LogP contribution in [0.15, 0.2) is 24.3 Å². The van der Waals surface area contributed by atoms with E-state index in [0.717, 1.165) is 25.1 Å². The quantitative estimate of drug-likeness (QED) is 0.826. The van der Waals surface area contributed by atoms with Crippen LogP contribution in [0.2, 0.25) is 0 Å². The van der Waals surface area contributed by atoms with Gasteiger partial charge in [-0.25, -0.2) is 0 Å². The summed E-state index contributed by atoms with van der Waals surface area (Å²) < 4.78 is 0. The standard InChI is InChI=1S/C20H31N3O2/c1-4-23(19(24)10-7-16-11-13-21-14-12-16)15-17-5-8-18(9-6-17)20(25)22(2)3/h5-6,8-9,16,21H,4,7,10-15H2,1-3H3. The highest BCUT2D eigenvalue weighted by Gasteiger charge is 2.17. The molecular weight excluding hydrogens is 314 g/mol. The van der Waals surface area contributed by atoms with Gasteiger partial charge in [-0.1, -0.05) is 12.1 Å². The van der Waals surface area contributed by atoms with Crippen molar-refractivity contribution in [3.8, 4) is 0 Å². The SMILES string of the molecule is CCN(Cc1ccc(C(=O)N(C)C)cc1)C(=O)CCC1CCNCC1. The van der Waals surface area contributed by atoms with Crippen molar-refractivity contribution in [3.63, 3.8) is 0 Å². The van der Waals surface area contributed by atoms with Crippen molar-refractivity contribution in [2.45, 2.75) is 39.2 Å². The highest BCUT2D eigenvalue weighted by Crippen LogP contribution is 2.19. The maximum absolute atomic E-state index is 12.5. The van der Waals surface area contributed by atoms with Crippen LogP contribution in [0.5, 0.6) is 0 Å². The monoisotopic (exact) mass is 345 g/mol. The number of carbonyl (C=O) groups is 2. The Balaban J connectivity index is 1.87. The van der Waals surface area contributed by atoms with Gasteiger partial charge < -0.3 is 15.1 Å². The van der Waals surface area contributed by atoms with Crippen LogP contribution < -0.4 is 5.32 Å². The van der Waals surface area contributed by atoms with E-state index in [1.807, 2.05) is 36.1 Å². The van der Waals surface area contributed by atoms with Gasteiger partial charge in [0.25, 0.3) is 5.91 Å². The molecule has 5 nitrogen and oxygen atoms in total. The summed E-state index contributed by atoms with van der Waals surface area (Å²) in [5.41, 5.74) is 1.74. The van der Waals surface area contributed by atoms with E-state index in [2.05, 4.69) is 5.32 Å². The van der Waals surface area contributed by atoms with E-state index in [4.69, 9.17) is 0 Å². The first kappa shape index (κ1) is 19.4. The predicted octanol–water partition coefficient (Wildman–Crippen LogP) is 2.52. The van der Waals surface area contributed by atoms with E-state index in [9.17, 15) is 9.59 Å². The van der Waals surface area contributed by atoms with Gasteiger partial charge in [0.15, 0.2) is 0 Å². The first-order chi connectivity index (χ1) is 12.0. The summed E-state index contributed by atoms with van der Waals surface area (Å²) in [7, 11) is 3.49. The van der Waals surface area contributed by atoms with Crippen LogP contribution in [-0.4, -0.2) is 55.3 Å². The van der Waals surface area contributed by atoms with Crippen molar-refractivity contribution >= 4 is 11.8 Å². The van der Waals surface area contributed by atoms with Crippen LogP contribution in [0.3, 0.4) is 0 Å². The lowest BCUT2D eigenvalue weighted by atomic mass is 9.93. The first-order valence-corrected chi connectivity index (χ1v) is 9.30. The Morgan fingerprint density at radius 2 is 1.76 bits per heavy atom. The molecule has 0 unspecified atom stereocenters. The van der Waals surface area contributed by atoms with Gasteiger partial charge in [0.05, 0.1) is 0 Å². The molecule has 2 rings (SSSR count). The minimum atomic E-state index is -0.00283. The largest absolute Gasteiger partial charge is 0.345 e. The van der Waals surface area contributed by atoms with Gasteiger partial charge in [0.1, 0.15) is 0 Å². The van der Waals surface area contributed by atoms with Crippen LogP contribution in [-0.2, 0) is 11.3 Å². The van der Waals surface area contributed by atoms with Gasteiger partial charge in [-0.3, -0.25) is 9.59 Å². The number of carbonyl (C=O) groups excluding carboxylic acids is 2. The van der Waals surface area contributed by atoms with Gasteiger partial charge in [0.2, 0.25) is 5.91 Å². The van der Waals surface area contributed by atoms with E-state index in [0.29, 0.717) is 31.0 Å². The minimum absolute atomic E-state index is 0.00283. The molecule has 1 aliphatic heterocycles. The van der Waals surface area contributed by atoms with E-state index >= 15 is 0 Å². The number of amides is 2. The number of nitrogens with one attached hydrogen (secondary N) is 1. The number of hydrogen-bond acceptors (Lipinski definition) is 3. The van der Waals surface area contributed by atoms with E-state index in [1.165, 1.54) is 12.8 Å². The molecule has 0 aromatic heterocycles. The average molecular weight is 345 g/mol. The Kier molecular flexibility index (Phi) is 7.44. The zero-order valence-corrected chi connectivity index (χ0v) is 15.8. The van der Waals surface area contributed by atoms with Gasteiger partial charge in [-0.15, -0.1) is 0 Å². The van der Waals surface area contributed by atoms with Crippen molar-refractivity contribution < 1.29 is 9.59 Å². The molecule has 1 heterocycles. The summed E-state index contributed by atoms with van der Waals surface area (Å²) in [6.45, 7) is 5.50. The third-order valence-corrected chi connectivity index (χ3v) is 4.94. The number of hydrogen-bond donors (Lipinski definition) is 1. The second kappa shape index (κ2) is 9.56. The molecule has 1 aromatic carbocycles. The van der Waals surface area contributed by atoms with Gasteiger partial charge >= 0.3 is 0 Å². The zero-order chi connectivity index (χ0) is 18.2. The molecular formula is C20H31N3O2. The zero-order valence-electron chi connectivity index (χ0n) is 15.8. The van der Waals surface area contributed by atoms with Crippen molar-refractivity contribution in [2.75, 3.05) is 33.7 Å². The Labute approximate surface area is 151 Å². The molecule has 138 valence electrons. The third-order valence-electron chi connectivity index (χ3n) is 4.94.